The molecule has 1 aliphatic carbocycles. The second-order valence-corrected chi connectivity index (χ2v) is 5.54. The maximum Gasteiger partial charge on any atom is 0.234 e. The van der Waals surface area contributed by atoms with Gasteiger partial charge in [-0.3, -0.25) is 4.79 Å². The van der Waals surface area contributed by atoms with Gasteiger partial charge in [0, 0.05) is 12.1 Å². The van der Waals surface area contributed by atoms with E-state index in [1.165, 1.54) is 19.3 Å². The van der Waals surface area contributed by atoms with Gasteiger partial charge in [-0.15, -0.1) is 0 Å². The van der Waals surface area contributed by atoms with Gasteiger partial charge in [0.15, 0.2) is 0 Å². The fourth-order valence-corrected chi connectivity index (χ4v) is 2.29. The molecule has 0 aromatic carbocycles. The molecule has 0 saturated heterocycles. The number of carbonyl (C=O) groups is 1. The zero-order valence-electron chi connectivity index (χ0n) is 10.4. The molecule has 1 saturated carbocycles. The third-order valence-corrected chi connectivity index (χ3v) is 3.22. The summed E-state index contributed by atoms with van der Waals surface area (Å²) in [6.45, 7) is 8.97. The van der Waals surface area contributed by atoms with E-state index < -0.39 is 0 Å². The molecule has 0 heterocycles. The van der Waals surface area contributed by atoms with Crippen LogP contribution < -0.4 is 10.6 Å². The summed E-state index contributed by atoms with van der Waals surface area (Å²) < 4.78 is 0. The summed E-state index contributed by atoms with van der Waals surface area (Å²) in [7, 11) is 0. The molecule has 1 aliphatic rings. The number of hydrogen-bond acceptors (Lipinski definition) is 2. The Bertz CT molecular complexity index is 224. The third-order valence-electron chi connectivity index (χ3n) is 3.22. The van der Waals surface area contributed by atoms with Crippen molar-refractivity contribution in [3.05, 3.63) is 0 Å². The summed E-state index contributed by atoms with van der Waals surface area (Å²) in [6.07, 6.45) is 3.73. The van der Waals surface area contributed by atoms with Crippen LogP contribution in [0.3, 0.4) is 0 Å². The van der Waals surface area contributed by atoms with E-state index in [1.54, 1.807) is 0 Å². The first-order chi connectivity index (χ1) is 6.92. The first kappa shape index (κ1) is 12.5. The Labute approximate surface area is 93.0 Å². The van der Waals surface area contributed by atoms with E-state index in [-0.39, 0.29) is 11.9 Å². The Hall–Kier alpha value is -0.570. The lowest BCUT2D eigenvalue weighted by Gasteiger charge is -2.27. The van der Waals surface area contributed by atoms with E-state index in [2.05, 4.69) is 24.5 Å². The second kappa shape index (κ2) is 4.97. The van der Waals surface area contributed by atoms with Gasteiger partial charge < -0.3 is 10.6 Å². The minimum atomic E-state index is 0.104. The lowest BCUT2D eigenvalue weighted by molar-refractivity contribution is -0.120. The molecule has 1 fully saturated rings. The van der Waals surface area contributed by atoms with Crippen molar-refractivity contribution in [1.82, 2.24) is 10.6 Å². The standard InChI is InChI=1S/C12H24N2O/c1-9(2)14-11(15)8-13-10-6-5-7-12(10,3)4/h9-10,13H,5-8H2,1-4H3,(H,14,15). The number of nitrogens with one attached hydrogen (secondary N) is 2. The Morgan fingerprint density at radius 2 is 2.13 bits per heavy atom. The lowest BCUT2D eigenvalue weighted by atomic mass is 9.87. The van der Waals surface area contributed by atoms with Gasteiger partial charge in [-0.05, 0) is 32.1 Å². The van der Waals surface area contributed by atoms with Gasteiger partial charge in [0.25, 0.3) is 0 Å². The summed E-state index contributed by atoms with van der Waals surface area (Å²) >= 11 is 0. The average Bonchev–Trinajstić information content (AvgIpc) is 2.40. The Kier molecular flexibility index (Phi) is 4.14. The van der Waals surface area contributed by atoms with Crippen LogP contribution in [0.4, 0.5) is 0 Å². The highest BCUT2D eigenvalue weighted by molar-refractivity contribution is 5.78. The Morgan fingerprint density at radius 1 is 1.47 bits per heavy atom. The predicted molar refractivity (Wildman–Crippen MR) is 62.7 cm³/mol. The van der Waals surface area contributed by atoms with Crippen molar-refractivity contribution >= 4 is 5.91 Å². The minimum absolute atomic E-state index is 0.104. The molecule has 0 radical (unpaired) electrons. The van der Waals surface area contributed by atoms with Crippen LogP contribution in [-0.2, 0) is 4.79 Å². The van der Waals surface area contributed by atoms with Gasteiger partial charge in [-0.2, -0.15) is 0 Å². The molecule has 3 nitrogen and oxygen atoms in total. The van der Waals surface area contributed by atoms with E-state index in [4.69, 9.17) is 0 Å². The SMILES string of the molecule is CC(C)NC(=O)CNC1CCCC1(C)C. The molecule has 0 aromatic heterocycles. The molecule has 3 heteroatoms. The quantitative estimate of drug-likeness (QED) is 0.744. The monoisotopic (exact) mass is 212 g/mol. The number of amides is 1. The largest absolute Gasteiger partial charge is 0.353 e. The molecule has 0 bridgehead atoms. The van der Waals surface area contributed by atoms with Crippen LogP contribution in [0.25, 0.3) is 0 Å². The highest BCUT2D eigenvalue weighted by Gasteiger charge is 2.34. The number of carbonyl (C=O) groups excluding carboxylic acids is 1. The molecule has 15 heavy (non-hydrogen) atoms. The zero-order valence-corrected chi connectivity index (χ0v) is 10.4. The molecule has 0 spiro atoms. The van der Waals surface area contributed by atoms with Crippen LogP contribution in [0, 0.1) is 5.41 Å². The molecular weight excluding hydrogens is 188 g/mol. The zero-order chi connectivity index (χ0) is 11.5. The van der Waals surface area contributed by atoms with Crippen molar-refractivity contribution in [1.29, 1.82) is 0 Å². The van der Waals surface area contributed by atoms with Crippen LogP contribution >= 0.6 is 0 Å². The van der Waals surface area contributed by atoms with Gasteiger partial charge in [-0.25, -0.2) is 0 Å². The van der Waals surface area contributed by atoms with E-state index in [1.807, 2.05) is 13.8 Å². The molecule has 0 aliphatic heterocycles. The van der Waals surface area contributed by atoms with E-state index in [0.29, 0.717) is 18.0 Å². The fraction of sp³-hybridized carbons (Fsp3) is 0.917. The third kappa shape index (κ3) is 3.82. The predicted octanol–water partition coefficient (Wildman–Crippen LogP) is 1.68. The summed E-state index contributed by atoms with van der Waals surface area (Å²) in [5.41, 5.74) is 0.345. The maximum absolute atomic E-state index is 11.4. The molecule has 1 amide bonds. The van der Waals surface area contributed by atoms with Crippen molar-refractivity contribution in [2.75, 3.05) is 6.54 Å². The van der Waals surface area contributed by atoms with Crippen molar-refractivity contribution in [3.63, 3.8) is 0 Å². The van der Waals surface area contributed by atoms with E-state index in [0.717, 1.165) is 0 Å². The van der Waals surface area contributed by atoms with Gasteiger partial charge >= 0.3 is 0 Å². The van der Waals surface area contributed by atoms with Gasteiger partial charge in [0.05, 0.1) is 6.54 Å². The molecule has 1 unspecified atom stereocenters. The lowest BCUT2D eigenvalue weighted by Crippen LogP contribution is -2.44. The van der Waals surface area contributed by atoms with Crippen LogP contribution in [0.1, 0.15) is 47.0 Å². The van der Waals surface area contributed by atoms with Gasteiger partial charge in [0.2, 0.25) is 5.91 Å². The van der Waals surface area contributed by atoms with Crippen LogP contribution in [0.2, 0.25) is 0 Å². The second-order valence-electron chi connectivity index (χ2n) is 5.54. The molecule has 1 rings (SSSR count). The first-order valence-corrected chi connectivity index (χ1v) is 5.94. The van der Waals surface area contributed by atoms with Crippen LogP contribution in [-0.4, -0.2) is 24.5 Å². The normalized spacial score (nSPS) is 24.5. The van der Waals surface area contributed by atoms with E-state index >= 15 is 0 Å². The minimum Gasteiger partial charge on any atom is -0.353 e. The Balaban J connectivity index is 2.28. The first-order valence-electron chi connectivity index (χ1n) is 5.94. The van der Waals surface area contributed by atoms with Crippen molar-refractivity contribution in [2.45, 2.75) is 59.0 Å². The highest BCUT2D eigenvalue weighted by Crippen LogP contribution is 2.36. The van der Waals surface area contributed by atoms with Gasteiger partial charge in [-0.1, -0.05) is 20.3 Å². The summed E-state index contributed by atoms with van der Waals surface area (Å²) in [5, 5.41) is 6.26. The average molecular weight is 212 g/mol. The topological polar surface area (TPSA) is 41.1 Å². The smallest absolute Gasteiger partial charge is 0.234 e. The summed E-state index contributed by atoms with van der Waals surface area (Å²) in [5.74, 6) is 0.104. The van der Waals surface area contributed by atoms with Crippen molar-refractivity contribution < 1.29 is 4.79 Å². The molecule has 1 atom stereocenters. The number of hydrogen-bond donors (Lipinski definition) is 2. The molecule has 2 N–H and O–H groups in total. The maximum atomic E-state index is 11.4. The van der Waals surface area contributed by atoms with Crippen LogP contribution in [0.5, 0.6) is 0 Å². The van der Waals surface area contributed by atoms with Crippen LogP contribution in [0.15, 0.2) is 0 Å². The van der Waals surface area contributed by atoms with E-state index in [9.17, 15) is 4.79 Å². The van der Waals surface area contributed by atoms with Crippen molar-refractivity contribution in [2.24, 2.45) is 5.41 Å². The Morgan fingerprint density at radius 3 is 2.60 bits per heavy atom. The summed E-state index contributed by atoms with van der Waals surface area (Å²) in [6, 6.07) is 0.728. The molecule has 0 aromatic rings. The molecule has 88 valence electrons. The number of rotatable bonds is 4. The van der Waals surface area contributed by atoms with Gasteiger partial charge in [0.1, 0.15) is 0 Å². The summed E-state index contributed by atoms with van der Waals surface area (Å²) in [4.78, 5) is 11.4. The highest BCUT2D eigenvalue weighted by atomic mass is 16.1. The molecular formula is C12H24N2O. The fourth-order valence-electron chi connectivity index (χ4n) is 2.29. The van der Waals surface area contributed by atoms with Crippen molar-refractivity contribution in [3.8, 4) is 0 Å².